The van der Waals surface area contributed by atoms with Crippen LogP contribution in [0.1, 0.15) is 43.7 Å². The number of pyridine rings is 1. The number of nitrogens with zero attached hydrogens (tertiary/aromatic N) is 3. The number of amides is 2. The number of aromatic nitrogens is 1. The fourth-order valence-corrected chi connectivity index (χ4v) is 4.27. The number of rotatable bonds is 4. The van der Waals surface area contributed by atoms with Crippen LogP contribution in [0.15, 0.2) is 54.9 Å². The van der Waals surface area contributed by atoms with Crippen molar-refractivity contribution in [2.24, 2.45) is 5.92 Å². The van der Waals surface area contributed by atoms with Gasteiger partial charge in [-0.3, -0.25) is 14.6 Å². The summed E-state index contributed by atoms with van der Waals surface area (Å²) in [6.07, 6.45) is 9.39. The van der Waals surface area contributed by atoms with E-state index in [1.807, 2.05) is 42.5 Å². The molecule has 2 aromatic rings. The maximum Gasteiger partial charge on any atom is 0.254 e. The van der Waals surface area contributed by atoms with E-state index in [4.69, 9.17) is 0 Å². The Labute approximate surface area is 160 Å². The average Bonchev–Trinajstić information content (AvgIpc) is 2.73. The fourth-order valence-electron chi connectivity index (χ4n) is 4.27. The normalized spacial score (nSPS) is 21.6. The lowest BCUT2D eigenvalue weighted by molar-refractivity contribution is -0.144. The van der Waals surface area contributed by atoms with Crippen molar-refractivity contribution in [1.29, 1.82) is 0 Å². The van der Waals surface area contributed by atoms with Gasteiger partial charge in [0.2, 0.25) is 5.91 Å². The van der Waals surface area contributed by atoms with Gasteiger partial charge in [0.25, 0.3) is 5.91 Å². The monoisotopic (exact) mass is 363 g/mol. The molecular formula is C22H25N3O2. The molecule has 5 nitrogen and oxygen atoms in total. The Morgan fingerprint density at radius 1 is 0.963 bits per heavy atom. The zero-order chi connectivity index (χ0) is 18.6. The number of hydrogen-bond acceptors (Lipinski definition) is 3. The van der Waals surface area contributed by atoms with Crippen LogP contribution in [-0.2, 0) is 9.59 Å². The van der Waals surface area contributed by atoms with Crippen molar-refractivity contribution in [2.45, 2.75) is 38.1 Å². The molecule has 1 atom stereocenters. The van der Waals surface area contributed by atoms with Crippen molar-refractivity contribution in [3.8, 4) is 0 Å². The van der Waals surface area contributed by atoms with Gasteiger partial charge in [0, 0.05) is 30.2 Å². The Bertz CT molecular complexity index is 788. The summed E-state index contributed by atoms with van der Waals surface area (Å²) in [7, 11) is 0. The van der Waals surface area contributed by atoms with Crippen molar-refractivity contribution < 1.29 is 9.59 Å². The zero-order valence-corrected chi connectivity index (χ0v) is 15.5. The van der Waals surface area contributed by atoms with Crippen LogP contribution >= 0.6 is 0 Å². The van der Waals surface area contributed by atoms with Crippen molar-refractivity contribution in [3.05, 3.63) is 60.4 Å². The highest BCUT2D eigenvalue weighted by Crippen LogP contribution is 2.33. The minimum absolute atomic E-state index is 0.0119. The van der Waals surface area contributed by atoms with Crippen LogP contribution in [0, 0.1) is 5.92 Å². The Kier molecular flexibility index (Phi) is 5.19. The molecule has 2 heterocycles. The van der Waals surface area contributed by atoms with Crippen LogP contribution in [0.25, 0.3) is 0 Å². The van der Waals surface area contributed by atoms with Gasteiger partial charge in [-0.05, 0) is 37.0 Å². The molecule has 1 aromatic carbocycles. The van der Waals surface area contributed by atoms with Crippen LogP contribution in [-0.4, -0.2) is 34.8 Å². The van der Waals surface area contributed by atoms with Crippen LogP contribution in [0.5, 0.6) is 0 Å². The van der Waals surface area contributed by atoms with Gasteiger partial charge in [-0.2, -0.15) is 0 Å². The van der Waals surface area contributed by atoms with Gasteiger partial charge in [-0.25, -0.2) is 0 Å². The quantitative estimate of drug-likeness (QED) is 0.834. The van der Waals surface area contributed by atoms with Crippen LogP contribution < -0.4 is 4.90 Å². The van der Waals surface area contributed by atoms with E-state index in [2.05, 4.69) is 4.98 Å². The van der Waals surface area contributed by atoms with E-state index in [-0.39, 0.29) is 18.4 Å². The molecule has 0 bridgehead atoms. The SMILES string of the molecule is O=C1[C@@H](c2cccnc2)N(CC2CCCCC2)C(=O)CN1c1ccccc1. The highest BCUT2D eigenvalue weighted by atomic mass is 16.2. The number of anilines is 1. The van der Waals surface area contributed by atoms with Crippen molar-refractivity contribution in [2.75, 3.05) is 18.0 Å². The third-order valence-electron chi connectivity index (χ3n) is 5.67. The minimum Gasteiger partial charge on any atom is -0.325 e. The maximum absolute atomic E-state index is 13.4. The van der Waals surface area contributed by atoms with Crippen molar-refractivity contribution in [3.63, 3.8) is 0 Å². The number of carbonyl (C=O) groups excluding carboxylic acids is 2. The molecule has 1 saturated carbocycles. The summed E-state index contributed by atoms with van der Waals surface area (Å²) in [6.45, 7) is 0.763. The third-order valence-corrected chi connectivity index (χ3v) is 5.67. The summed E-state index contributed by atoms with van der Waals surface area (Å²) in [5.41, 5.74) is 1.55. The second-order valence-electron chi connectivity index (χ2n) is 7.50. The Hall–Kier alpha value is -2.69. The van der Waals surface area contributed by atoms with Crippen molar-refractivity contribution in [1.82, 2.24) is 9.88 Å². The number of hydrogen-bond donors (Lipinski definition) is 0. The molecular weight excluding hydrogens is 338 g/mol. The first-order valence-electron chi connectivity index (χ1n) is 9.80. The van der Waals surface area contributed by atoms with Gasteiger partial charge in [0.05, 0.1) is 0 Å². The summed E-state index contributed by atoms with van der Waals surface area (Å²) < 4.78 is 0. The van der Waals surface area contributed by atoms with E-state index in [9.17, 15) is 9.59 Å². The fraction of sp³-hybridized carbons (Fsp3) is 0.409. The molecule has 0 N–H and O–H groups in total. The van der Waals surface area contributed by atoms with E-state index in [1.165, 1.54) is 19.3 Å². The molecule has 1 saturated heterocycles. The van der Waals surface area contributed by atoms with Crippen LogP contribution in [0.2, 0.25) is 0 Å². The number of para-hydroxylation sites is 1. The number of benzene rings is 1. The predicted octanol–water partition coefficient (Wildman–Crippen LogP) is 3.58. The summed E-state index contributed by atoms with van der Waals surface area (Å²) in [5, 5.41) is 0. The minimum atomic E-state index is -0.595. The molecule has 27 heavy (non-hydrogen) atoms. The molecule has 2 fully saturated rings. The Morgan fingerprint density at radius 3 is 2.44 bits per heavy atom. The van der Waals surface area contributed by atoms with Gasteiger partial charge < -0.3 is 9.80 Å². The molecule has 0 unspecified atom stereocenters. The Balaban J connectivity index is 1.66. The second kappa shape index (κ2) is 7.91. The van der Waals surface area contributed by atoms with Crippen LogP contribution in [0.4, 0.5) is 5.69 Å². The summed E-state index contributed by atoms with van der Waals surface area (Å²) in [5.74, 6) is 0.445. The van der Waals surface area contributed by atoms with E-state index < -0.39 is 6.04 Å². The third kappa shape index (κ3) is 3.72. The van der Waals surface area contributed by atoms with E-state index >= 15 is 0 Å². The summed E-state index contributed by atoms with van der Waals surface area (Å²) >= 11 is 0. The smallest absolute Gasteiger partial charge is 0.254 e. The van der Waals surface area contributed by atoms with E-state index in [0.29, 0.717) is 12.5 Å². The lowest BCUT2D eigenvalue weighted by atomic mass is 9.88. The van der Waals surface area contributed by atoms with Crippen molar-refractivity contribution >= 4 is 17.5 Å². The zero-order valence-electron chi connectivity index (χ0n) is 15.5. The average molecular weight is 363 g/mol. The van der Waals surface area contributed by atoms with Crippen LogP contribution in [0.3, 0.4) is 0 Å². The first kappa shape index (κ1) is 17.7. The number of piperazine rings is 1. The molecule has 0 radical (unpaired) electrons. The molecule has 4 rings (SSSR count). The lowest BCUT2D eigenvalue weighted by Gasteiger charge is -2.42. The molecule has 5 heteroatoms. The van der Waals surface area contributed by atoms with Gasteiger partial charge in [0.1, 0.15) is 12.6 Å². The van der Waals surface area contributed by atoms with Gasteiger partial charge in [-0.1, -0.05) is 43.5 Å². The molecule has 140 valence electrons. The highest BCUT2D eigenvalue weighted by molar-refractivity contribution is 6.06. The maximum atomic E-state index is 13.4. The molecule has 2 aliphatic rings. The Morgan fingerprint density at radius 2 is 1.74 bits per heavy atom. The van der Waals surface area contributed by atoms with Gasteiger partial charge in [-0.15, -0.1) is 0 Å². The van der Waals surface area contributed by atoms with E-state index in [1.54, 1.807) is 22.2 Å². The largest absolute Gasteiger partial charge is 0.325 e. The molecule has 1 aromatic heterocycles. The van der Waals surface area contributed by atoms with Gasteiger partial charge >= 0.3 is 0 Å². The molecule has 1 aliphatic heterocycles. The van der Waals surface area contributed by atoms with E-state index in [0.717, 1.165) is 24.1 Å². The van der Waals surface area contributed by atoms with Gasteiger partial charge in [0.15, 0.2) is 0 Å². The highest BCUT2D eigenvalue weighted by Gasteiger charge is 2.41. The second-order valence-corrected chi connectivity index (χ2v) is 7.50. The predicted molar refractivity (Wildman–Crippen MR) is 104 cm³/mol. The molecule has 2 amide bonds. The topological polar surface area (TPSA) is 53.5 Å². The first-order chi connectivity index (χ1) is 13.2. The lowest BCUT2D eigenvalue weighted by Crippen LogP contribution is -2.56. The first-order valence-corrected chi connectivity index (χ1v) is 9.80. The molecule has 0 spiro atoms. The summed E-state index contributed by atoms with van der Waals surface area (Å²) in [6, 6.07) is 12.6. The molecule has 1 aliphatic carbocycles. The standard InChI is InChI=1S/C22H25N3O2/c26-20-16-24(19-11-5-2-6-12-19)22(27)21(18-10-7-13-23-14-18)25(20)15-17-8-3-1-4-9-17/h2,5-7,10-14,17,21H,1,3-4,8-9,15-16H2/t21-/m1/s1. The number of carbonyl (C=O) groups is 2. The summed E-state index contributed by atoms with van der Waals surface area (Å²) in [4.78, 5) is 34.1.